The van der Waals surface area contributed by atoms with Crippen LogP contribution in [0.15, 0.2) is 48.5 Å². The van der Waals surface area contributed by atoms with Crippen LogP contribution in [0.1, 0.15) is 27.9 Å². The summed E-state index contributed by atoms with van der Waals surface area (Å²) in [6.45, 7) is 0. The number of benzene rings is 2. The first-order valence-corrected chi connectivity index (χ1v) is 7.14. The molecule has 0 bridgehead atoms. The first-order valence-electron chi connectivity index (χ1n) is 7.14. The molecule has 1 amide bonds. The van der Waals surface area contributed by atoms with Gasteiger partial charge in [0.25, 0.3) is 5.91 Å². The van der Waals surface area contributed by atoms with E-state index in [-0.39, 0.29) is 0 Å². The Morgan fingerprint density at radius 3 is 2.67 bits per heavy atom. The minimum atomic E-state index is -0.462. The van der Waals surface area contributed by atoms with Gasteiger partial charge < -0.3 is 5.32 Å². The summed E-state index contributed by atoms with van der Waals surface area (Å²) in [5, 5.41) is 12.3. The maximum Gasteiger partial charge on any atom is 0.274 e. The maximum atomic E-state index is 11.5. The largest absolute Gasteiger partial charge is 0.382 e. The second-order valence-corrected chi connectivity index (χ2v) is 5.37. The molecule has 4 heteroatoms. The molecule has 3 N–H and O–H groups in total. The molecule has 1 atom stereocenters. The number of anilines is 1. The molecule has 3 rings (SSSR count). The number of carbonyl (C=O) groups is 1. The third kappa shape index (κ3) is 3.06. The Hall–Kier alpha value is -2.33. The van der Waals surface area contributed by atoms with Gasteiger partial charge in [-0.1, -0.05) is 24.3 Å². The number of hydroxylamine groups is 1. The van der Waals surface area contributed by atoms with Crippen LogP contribution in [0.25, 0.3) is 0 Å². The van der Waals surface area contributed by atoms with E-state index in [1.54, 1.807) is 11.5 Å². The molecule has 0 aromatic heterocycles. The lowest BCUT2D eigenvalue weighted by Crippen LogP contribution is -2.28. The lowest BCUT2D eigenvalue weighted by atomic mass is 9.87. The second kappa shape index (κ2) is 5.97. The fraction of sp³-hybridized carbons (Fsp3) is 0.235. The van der Waals surface area contributed by atoms with Crippen LogP contribution in [-0.2, 0) is 12.8 Å². The van der Waals surface area contributed by atoms with E-state index in [0.29, 0.717) is 11.6 Å². The number of amides is 1. The number of hydrogen-bond acceptors (Lipinski definition) is 3. The second-order valence-electron chi connectivity index (χ2n) is 5.37. The Morgan fingerprint density at radius 2 is 1.90 bits per heavy atom. The molecule has 1 aliphatic rings. The molecule has 2 aromatic carbocycles. The van der Waals surface area contributed by atoms with Gasteiger partial charge in [-0.3, -0.25) is 10.0 Å². The quantitative estimate of drug-likeness (QED) is 0.599. The van der Waals surface area contributed by atoms with Crippen LogP contribution in [0.5, 0.6) is 0 Å². The SMILES string of the molecule is O=C(NO)c1ccc2c(c1)CC(Nc1ccccc1)CC2. The number of para-hydroxylation sites is 1. The Bertz CT molecular complexity index is 640. The predicted octanol–water partition coefficient (Wildman–Crippen LogP) is 2.78. The number of hydrogen-bond donors (Lipinski definition) is 3. The molecule has 4 nitrogen and oxygen atoms in total. The minimum absolute atomic E-state index is 0.368. The summed E-state index contributed by atoms with van der Waals surface area (Å²) in [5.41, 5.74) is 5.77. The van der Waals surface area contributed by atoms with Crippen LogP contribution < -0.4 is 10.8 Å². The Balaban J connectivity index is 1.76. The van der Waals surface area contributed by atoms with Gasteiger partial charge in [0.2, 0.25) is 0 Å². The van der Waals surface area contributed by atoms with Crippen LogP contribution in [0.2, 0.25) is 0 Å². The van der Waals surface area contributed by atoms with Gasteiger partial charge in [-0.2, -0.15) is 0 Å². The fourth-order valence-electron chi connectivity index (χ4n) is 2.86. The van der Waals surface area contributed by atoms with E-state index < -0.39 is 5.91 Å². The van der Waals surface area contributed by atoms with Crippen molar-refractivity contribution in [3.8, 4) is 0 Å². The normalized spacial score (nSPS) is 16.9. The van der Waals surface area contributed by atoms with Gasteiger partial charge in [0.05, 0.1) is 0 Å². The molecule has 21 heavy (non-hydrogen) atoms. The number of aryl methyl sites for hydroxylation is 1. The van der Waals surface area contributed by atoms with Crippen molar-refractivity contribution < 1.29 is 10.0 Å². The monoisotopic (exact) mass is 282 g/mol. The van der Waals surface area contributed by atoms with Gasteiger partial charge in [-0.05, 0) is 54.7 Å². The van der Waals surface area contributed by atoms with Gasteiger partial charge in [-0.25, -0.2) is 5.48 Å². The Morgan fingerprint density at radius 1 is 1.10 bits per heavy atom. The van der Waals surface area contributed by atoms with Crippen LogP contribution >= 0.6 is 0 Å². The summed E-state index contributed by atoms with van der Waals surface area (Å²) in [4.78, 5) is 11.5. The minimum Gasteiger partial charge on any atom is -0.382 e. The van der Waals surface area contributed by atoms with Crippen molar-refractivity contribution >= 4 is 11.6 Å². The fourth-order valence-corrected chi connectivity index (χ4v) is 2.86. The highest BCUT2D eigenvalue weighted by atomic mass is 16.5. The average molecular weight is 282 g/mol. The van der Waals surface area contributed by atoms with Gasteiger partial charge in [0, 0.05) is 17.3 Å². The van der Waals surface area contributed by atoms with Crippen LogP contribution in [-0.4, -0.2) is 17.2 Å². The lowest BCUT2D eigenvalue weighted by molar-refractivity contribution is 0.0706. The zero-order valence-electron chi connectivity index (χ0n) is 11.7. The molecule has 1 aliphatic carbocycles. The summed E-state index contributed by atoms with van der Waals surface area (Å²) in [6, 6.07) is 16.1. The molecule has 0 radical (unpaired) electrons. The lowest BCUT2D eigenvalue weighted by Gasteiger charge is -2.26. The third-order valence-electron chi connectivity index (χ3n) is 3.94. The van der Waals surface area contributed by atoms with Crippen LogP contribution in [0, 0.1) is 0 Å². The van der Waals surface area contributed by atoms with Crippen molar-refractivity contribution in [1.82, 2.24) is 5.48 Å². The van der Waals surface area contributed by atoms with E-state index in [2.05, 4.69) is 17.4 Å². The van der Waals surface area contributed by atoms with E-state index in [1.807, 2.05) is 30.3 Å². The Kier molecular flexibility index (Phi) is 3.88. The van der Waals surface area contributed by atoms with Gasteiger partial charge in [0.1, 0.15) is 0 Å². The summed E-state index contributed by atoms with van der Waals surface area (Å²) < 4.78 is 0. The van der Waals surface area contributed by atoms with Crippen LogP contribution in [0.3, 0.4) is 0 Å². The molecule has 108 valence electrons. The van der Waals surface area contributed by atoms with Crippen molar-refractivity contribution in [3.05, 3.63) is 65.2 Å². The van der Waals surface area contributed by atoms with Crippen molar-refractivity contribution in [2.75, 3.05) is 5.32 Å². The highest BCUT2D eigenvalue weighted by Crippen LogP contribution is 2.25. The molecular weight excluding hydrogens is 264 g/mol. The van der Waals surface area contributed by atoms with Crippen molar-refractivity contribution in [2.45, 2.75) is 25.3 Å². The topological polar surface area (TPSA) is 61.4 Å². The number of rotatable bonds is 3. The standard InChI is InChI=1S/C17H18N2O2/c20-17(19-21)13-7-6-12-8-9-16(11-14(12)10-13)18-15-4-2-1-3-5-15/h1-7,10,16,18,21H,8-9,11H2,(H,19,20). The van der Waals surface area contributed by atoms with Gasteiger partial charge in [0.15, 0.2) is 0 Å². The van der Waals surface area contributed by atoms with Crippen LogP contribution in [0.4, 0.5) is 5.69 Å². The number of fused-ring (bicyclic) bond motifs is 1. The zero-order chi connectivity index (χ0) is 14.7. The first-order chi connectivity index (χ1) is 10.3. The molecule has 0 aliphatic heterocycles. The van der Waals surface area contributed by atoms with Crippen molar-refractivity contribution in [1.29, 1.82) is 0 Å². The van der Waals surface area contributed by atoms with E-state index in [0.717, 1.165) is 24.9 Å². The highest BCUT2D eigenvalue weighted by molar-refractivity contribution is 5.93. The highest BCUT2D eigenvalue weighted by Gasteiger charge is 2.19. The smallest absolute Gasteiger partial charge is 0.274 e. The molecule has 0 heterocycles. The van der Waals surface area contributed by atoms with Crippen molar-refractivity contribution in [3.63, 3.8) is 0 Å². The van der Waals surface area contributed by atoms with E-state index in [9.17, 15) is 4.79 Å². The Labute approximate surface area is 123 Å². The molecule has 0 spiro atoms. The molecule has 1 unspecified atom stereocenters. The van der Waals surface area contributed by atoms with Crippen molar-refractivity contribution in [2.24, 2.45) is 0 Å². The van der Waals surface area contributed by atoms with Gasteiger partial charge >= 0.3 is 0 Å². The third-order valence-corrected chi connectivity index (χ3v) is 3.94. The summed E-state index contributed by atoms with van der Waals surface area (Å²) in [5.74, 6) is -0.462. The number of nitrogens with one attached hydrogen (secondary N) is 2. The number of carbonyl (C=O) groups excluding carboxylic acids is 1. The van der Waals surface area contributed by atoms with E-state index in [1.165, 1.54) is 11.1 Å². The van der Waals surface area contributed by atoms with E-state index in [4.69, 9.17) is 5.21 Å². The van der Waals surface area contributed by atoms with Gasteiger partial charge in [-0.15, -0.1) is 0 Å². The predicted molar refractivity (Wildman–Crippen MR) is 81.6 cm³/mol. The summed E-state index contributed by atoms with van der Waals surface area (Å²) >= 11 is 0. The summed E-state index contributed by atoms with van der Waals surface area (Å²) in [6.07, 6.45) is 2.96. The molecule has 0 saturated carbocycles. The molecular formula is C17H18N2O2. The molecule has 0 fully saturated rings. The first kappa shape index (κ1) is 13.6. The zero-order valence-corrected chi connectivity index (χ0v) is 11.7. The average Bonchev–Trinajstić information content (AvgIpc) is 2.54. The maximum absolute atomic E-state index is 11.5. The van der Waals surface area contributed by atoms with E-state index >= 15 is 0 Å². The summed E-state index contributed by atoms with van der Waals surface area (Å²) in [7, 11) is 0. The molecule has 0 saturated heterocycles. The molecule has 2 aromatic rings.